The summed E-state index contributed by atoms with van der Waals surface area (Å²) in [5, 5.41) is 0. The van der Waals surface area contributed by atoms with Gasteiger partial charge in [-0.15, -0.1) is 0 Å². The van der Waals surface area contributed by atoms with E-state index in [1.807, 2.05) is 6.08 Å². The molecule has 1 aliphatic heterocycles. The maximum Gasteiger partial charge on any atom is 0.119 e. The van der Waals surface area contributed by atoms with E-state index in [1.165, 1.54) is 0 Å². The highest BCUT2D eigenvalue weighted by atomic mass is 16.6. The van der Waals surface area contributed by atoms with Crippen LogP contribution in [0.3, 0.4) is 0 Å². The first-order chi connectivity index (χ1) is 5.97. The van der Waals surface area contributed by atoms with E-state index >= 15 is 0 Å². The van der Waals surface area contributed by atoms with Crippen LogP contribution in [0.4, 0.5) is 0 Å². The molecule has 2 heterocycles. The summed E-state index contributed by atoms with van der Waals surface area (Å²) in [6.45, 7) is 0. The summed E-state index contributed by atoms with van der Waals surface area (Å²) in [6, 6.07) is 0. The van der Waals surface area contributed by atoms with Gasteiger partial charge < -0.3 is 4.84 Å². The number of hydrogen-bond acceptors (Lipinski definition) is 4. The van der Waals surface area contributed by atoms with Crippen LogP contribution in [0.1, 0.15) is 5.69 Å². The van der Waals surface area contributed by atoms with Crippen LogP contribution in [0.5, 0.6) is 0 Å². The van der Waals surface area contributed by atoms with E-state index in [1.54, 1.807) is 30.9 Å². The van der Waals surface area contributed by atoms with Crippen molar-refractivity contribution in [2.45, 2.75) is 0 Å². The molecular weight excluding hydrogens is 154 g/mol. The number of nitrogens with zero attached hydrogens (tertiary/aromatic N) is 2. The lowest BCUT2D eigenvalue weighted by molar-refractivity contribution is 0.181. The van der Waals surface area contributed by atoms with Gasteiger partial charge in [0.15, 0.2) is 0 Å². The van der Waals surface area contributed by atoms with Crippen LogP contribution in [0.25, 0.3) is 5.70 Å². The van der Waals surface area contributed by atoms with Crippen molar-refractivity contribution < 1.29 is 4.84 Å². The Morgan fingerprint density at radius 2 is 2.33 bits per heavy atom. The fourth-order valence-corrected chi connectivity index (χ4v) is 0.882. The van der Waals surface area contributed by atoms with Crippen molar-refractivity contribution in [3.8, 4) is 0 Å². The van der Waals surface area contributed by atoms with E-state index in [0.717, 1.165) is 11.4 Å². The minimum Gasteiger partial charge on any atom is -0.390 e. The van der Waals surface area contributed by atoms with Gasteiger partial charge in [0.1, 0.15) is 12.0 Å². The third kappa shape index (κ3) is 1.27. The molecule has 0 amide bonds. The zero-order chi connectivity index (χ0) is 8.23. The van der Waals surface area contributed by atoms with Crippen molar-refractivity contribution in [2.75, 3.05) is 0 Å². The molecule has 1 aromatic heterocycles. The predicted octanol–water partition coefficient (Wildman–Crippen LogP) is 0.866. The highest BCUT2D eigenvalue weighted by Crippen LogP contribution is 2.08. The molecule has 0 saturated heterocycles. The van der Waals surface area contributed by atoms with Gasteiger partial charge in [0.25, 0.3) is 0 Å². The van der Waals surface area contributed by atoms with Crippen molar-refractivity contribution >= 4 is 5.70 Å². The zero-order valence-electron chi connectivity index (χ0n) is 6.27. The van der Waals surface area contributed by atoms with Crippen LogP contribution >= 0.6 is 0 Å². The topological polar surface area (TPSA) is 47.0 Å². The molecule has 60 valence electrons. The van der Waals surface area contributed by atoms with Crippen molar-refractivity contribution in [3.05, 3.63) is 42.7 Å². The highest BCUT2D eigenvalue weighted by molar-refractivity contribution is 5.61. The normalized spacial score (nSPS) is 14.5. The van der Waals surface area contributed by atoms with E-state index in [2.05, 4.69) is 15.4 Å². The molecule has 1 aliphatic rings. The first-order valence-corrected chi connectivity index (χ1v) is 3.52. The third-order valence-corrected chi connectivity index (χ3v) is 1.42. The van der Waals surface area contributed by atoms with Gasteiger partial charge in [0, 0.05) is 12.4 Å². The van der Waals surface area contributed by atoms with Crippen LogP contribution in [-0.2, 0) is 4.84 Å². The second-order valence-corrected chi connectivity index (χ2v) is 2.22. The minimum atomic E-state index is 0.766. The van der Waals surface area contributed by atoms with Crippen molar-refractivity contribution in [1.29, 1.82) is 0 Å². The fraction of sp³-hybridized carbons (Fsp3) is 0. The summed E-state index contributed by atoms with van der Waals surface area (Å²) < 4.78 is 0. The average Bonchev–Trinajstić information content (AvgIpc) is 2.21. The Balaban J connectivity index is 2.31. The predicted molar refractivity (Wildman–Crippen MR) is 43.4 cm³/mol. The maximum atomic E-state index is 4.87. The van der Waals surface area contributed by atoms with Crippen LogP contribution in [-0.4, -0.2) is 9.97 Å². The molecule has 1 aromatic rings. The molecule has 0 aliphatic carbocycles. The standard InChI is InChI=1S/C8H7N3O/c1-2-7(11-12-5-1)8-6-9-3-4-10-8/h1-6,11H. The van der Waals surface area contributed by atoms with E-state index < -0.39 is 0 Å². The fourth-order valence-electron chi connectivity index (χ4n) is 0.882. The van der Waals surface area contributed by atoms with Gasteiger partial charge >= 0.3 is 0 Å². The van der Waals surface area contributed by atoms with Gasteiger partial charge in [-0.05, 0) is 12.2 Å². The molecule has 0 spiro atoms. The van der Waals surface area contributed by atoms with Crippen LogP contribution in [0.15, 0.2) is 37.0 Å². The third-order valence-electron chi connectivity index (χ3n) is 1.42. The summed E-state index contributed by atoms with van der Waals surface area (Å²) in [7, 11) is 0. The first-order valence-electron chi connectivity index (χ1n) is 3.52. The SMILES string of the molecule is C1=CONC(c2cnccn2)=C1. The van der Waals surface area contributed by atoms with Gasteiger partial charge in [-0.1, -0.05) is 0 Å². The lowest BCUT2D eigenvalue weighted by Crippen LogP contribution is -2.12. The Bertz CT molecular complexity index is 318. The van der Waals surface area contributed by atoms with E-state index in [-0.39, 0.29) is 0 Å². The molecule has 0 aromatic carbocycles. The number of hydroxylamine groups is 1. The van der Waals surface area contributed by atoms with Gasteiger partial charge in [0.2, 0.25) is 0 Å². The Hall–Kier alpha value is -1.84. The Labute approximate surface area is 69.6 Å². The lowest BCUT2D eigenvalue weighted by atomic mass is 10.3. The second-order valence-electron chi connectivity index (χ2n) is 2.22. The second kappa shape index (κ2) is 3.04. The maximum absolute atomic E-state index is 4.87. The first kappa shape index (κ1) is 6.84. The monoisotopic (exact) mass is 161 g/mol. The molecule has 4 nitrogen and oxygen atoms in total. The van der Waals surface area contributed by atoms with E-state index in [4.69, 9.17) is 4.84 Å². The summed E-state index contributed by atoms with van der Waals surface area (Å²) in [6.07, 6.45) is 10.1. The van der Waals surface area contributed by atoms with Crippen molar-refractivity contribution in [1.82, 2.24) is 15.4 Å². The molecule has 2 rings (SSSR count). The number of nitrogens with one attached hydrogen (secondary N) is 1. The summed E-state index contributed by atoms with van der Waals surface area (Å²) in [5.74, 6) is 0. The smallest absolute Gasteiger partial charge is 0.119 e. The molecule has 0 saturated carbocycles. The van der Waals surface area contributed by atoms with Gasteiger partial charge in [0.05, 0.1) is 11.9 Å². The van der Waals surface area contributed by atoms with E-state index in [9.17, 15) is 0 Å². The van der Waals surface area contributed by atoms with Crippen LogP contribution in [0.2, 0.25) is 0 Å². The largest absolute Gasteiger partial charge is 0.390 e. The van der Waals surface area contributed by atoms with Crippen LogP contribution in [0, 0.1) is 0 Å². The molecule has 0 bridgehead atoms. The molecular formula is C8H7N3O. The zero-order valence-corrected chi connectivity index (χ0v) is 6.27. The Morgan fingerprint density at radius 1 is 1.33 bits per heavy atom. The number of aromatic nitrogens is 2. The van der Waals surface area contributed by atoms with Gasteiger partial charge in [-0.3, -0.25) is 9.97 Å². The molecule has 1 N–H and O–H groups in total. The summed E-state index contributed by atoms with van der Waals surface area (Å²) >= 11 is 0. The van der Waals surface area contributed by atoms with Crippen molar-refractivity contribution in [2.24, 2.45) is 0 Å². The lowest BCUT2D eigenvalue weighted by Gasteiger charge is -2.10. The summed E-state index contributed by atoms with van der Waals surface area (Å²) in [4.78, 5) is 12.9. The molecule has 0 atom stereocenters. The minimum absolute atomic E-state index is 0.766. The Kier molecular flexibility index (Phi) is 1.74. The highest BCUT2D eigenvalue weighted by Gasteiger charge is 2.02. The summed E-state index contributed by atoms with van der Waals surface area (Å²) in [5.41, 5.74) is 4.28. The van der Waals surface area contributed by atoms with Gasteiger partial charge in [-0.2, -0.15) is 0 Å². The number of hydrogen-bond donors (Lipinski definition) is 1. The number of rotatable bonds is 1. The Morgan fingerprint density at radius 3 is 3.00 bits per heavy atom. The average molecular weight is 161 g/mol. The molecule has 0 unspecified atom stereocenters. The molecule has 0 fully saturated rings. The number of allylic oxidation sites excluding steroid dienone is 2. The van der Waals surface area contributed by atoms with E-state index in [0.29, 0.717) is 0 Å². The quantitative estimate of drug-likeness (QED) is 0.663. The van der Waals surface area contributed by atoms with Crippen LogP contribution < -0.4 is 5.48 Å². The van der Waals surface area contributed by atoms with Gasteiger partial charge in [-0.25, -0.2) is 5.48 Å². The molecule has 4 heteroatoms. The van der Waals surface area contributed by atoms with Crippen molar-refractivity contribution in [3.63, 3.8) is 0 Å². The molecule has 12 heavy (non-hydrogen) atoms. The molecule has 0 radical (unpaired) electrons.